The van der Waals surface area contributed by atoms with E-state index in [1.807, 2.05) is 18.2 Å². The van der Waals surface area contributed by atoms with Crippen molar-refractivity contribution in [2.75, 3.05) is 19.4 Å². The average Bonchev–Trinajstić information content (AvgIpc) is 3.21. The van der Waals surface area contributed by atoms with Gasteiger partial charge in [0.2, 0.25) is 0 Å². The molecule has 2 aromatic rings. The van der Waals surface area contributed by atoms with Gasteiger partial charge in [-0.2, -0.15) is 0 Å². The quantitative estimate of drug-likeness (QED) is 0.365. The third-order valence-electron chi connectivity index (χ3n) is 4.56. The number of nitrogens with zero attached hydrogens (tertiary/aromatic N) is 2. The predicted molar refractivity (Wildman–Crippen MR) is 110 cm³/mol. The fraction of sp³-hybridized carbons (Fsp3) is 0.350. The summed E-state index contributed by atoms with van der Waals surface area (Å²) < 4.78 is 5.66. The molecule has 148 valence electrons. The maximum atomic E-state index is 13.0. The van der Waals surface area contributed by atoms with Crippen molar-refractivity contribution in [3.05, 3.63) is 68.7 Å². The fourth-order valence-electron chi connectivity index (χ4n) is 3.06. The second-order valence-corrected chi connectivity index (χ2v) is 8.11. The van der Waals surface area contributed by atoms with Crippen molar-refractivity contribution in [3.8, 4) is 0 Å². The van der Waals surface area contributed by atoms with Crippen LogP contribution < -0.4 is 0 Å². The van der Waals surface area contributed by atoms with Crippen LogP contribution in [-0.2, 0) is 11.3 Å². The summed E-state index contributed by atoms with van der Waals surface area (Å²) in [6.45, 7) is 0.989. The van der Waals surface area contributed by atoms with E-state index < -0.39 is 4.92 Å². The van der Waals surface area contributed by atoms with Gasteiger partial charge in [0.25, 0.3) is 11.6 Å². The molecule has 0 spiro atoms. The van der Waals surface area contributed by atoms with E-state index in [2.05, 4.69) is 0 Å². The topological polar surface area (TPSA) is 72.7 Å². The Morgan fingerprint density at radius 2 is 2.14 bits per heavy atom. The van der Waals surface area contributed by atoms with Gasteiger partial charge in [-0.25, -0.2) is 0 Å². The highest BCUT2D eigenvalue weighted by Crippen LogP contribution is 2.28. The van der Waals surface area contributed by atoms with Crippen LogP contribution in [0, 0.1) is 10.1 Å². The number of nitro groups is 1. The molecule has 28 heavy (non-hydrogen) atoms. The molecule has 0 N–H and O–H groups in total. The second kappa shape index (κ2) is 9.41. The number of hydrogen-bond donors (Lipinski definition) is 0. The zero-order valence-corrected chi connectivity index (χ0v) is 17.0. The summed E-state index contributed by atoms with van der Waals surface area (Å²) in [5, 5.41) is 11.4. The third kappa shape index (κ3) is 5.04. The molecule has 0 aromatic heterocycles. The normalized spacial score (nSPS) is 16.1. The van der Waals surface area contributed by atoms with E-state index in [1.54, 1.807) is 24.9 Å². The number of amides is 1. The van der Waals surface area contributed by atoms with Gasteiger partial charge in [0.1, 0.15) is 0 Å². The molecule has 8 heteroatoms. The number of hydrogen-bond acceptors (Lipinski definition) is 5. The molecule has 3 rings (SSSR count). The number of carbonyl (C=O) groups excluding carboxylic acids is 1. The van der Waals surface area contributed by atoms with Crippen molar-refractivity contribution >= 4 is 35.0 Å². The molecular weight excluding hydrogens is 400 g/mol. The van der Waals surface area contributed by atoms with Gasteiger partial charge in [-0.1, -0.05) is 23.7 Å². The summed E-state index contributed by atoms with van der Waals surface area (Å²) in [7, 11) is 1.67. The van der Waals surface area contributed by atoms with Crippen molar-refractivity contribution < 1.29 is 14.5 Å². The standard InChI is InChI=1S/C20H21ClN2O4S/c1-22(12-14-11-15(23(25)26)8-9-18(14)21)20(24)17-6-2-3-7-19(17)28-13-16-5-4-10-27-16/h2-3,6-9,11,16H,4-5,10,12-13H2,1H3. The number of thioether (sulfide) groups is 1. The van der Waals surface area contributed by atoms with Crippen LogP contribution in [0.3, 0.4) is 0 Å². The third-order valence-corrected chi connectivity index (χ3v) is 6.13. The number of rotatable bonds is 7. The van der Waals surface area contributed by atoms with Crippen LogP contribution >= 0.6 is 23.4 Å². The molecule has 2 aromatic carbocycles. The van der Waals surface area contributed by atoms with Gasteiger partial charge in [-0.3, -0.25) is 14.9 Å². The number of ether oxygens (including phenoxy) is 1. The van der Waals surface area contributed by atoms with Crippen LogP contribution in [0.2, 0.25) is 5.02 Å². The Labute approximate surface area is 173 Å². The van der Waals surface area contributed by atoms with E-state index in [4.69, 9.17) is 16.3 Å². The predicted octanol–water partition coefficient (Wildman–Crippen LogP) is 4.79. The largest absolute Gasteiger partial charge is 0.377 e. The molecule has 0 bridgehead atoms. The minimum Gasteiger partial charge on any atom is -0.377 e. The second-order valence-electron chi connectivity index (χ2n) is 6.64. The van der Waals surface area contributed by atoms with Gasteiger partial charge in [0, 0.05) is 48.0 Å². The maximum absolute atomic E-state index is 13.0. The Hall–Kier alpha value is -2.09. The zero-order chi connectivity index (χ0) is 20.1. The number of halogens is 1. The van der Waals surface area contributed by atoms with Crippen LogP contribution in [0.25, 0.3) is 0 Å². The lowest BCUT2D eigenvalue weighted by molar-refractivity contribution is -0.384. The smallest absolute Gasteiger partial charge is 0.269 e. The molecule has 6 nitrogen and oxygen atoms in total. The highest BCUT2D eigenvalue weighted by Gasteiger charge is 2.20. The van der Waals surface area contributed by atoms with Crippen LogP contribution in [0.4, 0.5) is 5.69 Å². The lowest BCUT2D eigenvalue weighted by Crippen LogP contribution is -2.27. The average molecular weight is 421 g/mol. The first-order valence-electron chi connectivity index (χ1n) is 8.97. The molecule has 1 unspecified atom stereocenters. The lowest BCUT2D eigenvalue weighted by atomic mass is 10.1. The van der Waals surface area contributed by atoms with E-state index in [1.165, 1.54) is 23.1 Å². The SMILES string of the molecule is CN(Cc1cc([N+](=O)[O-])ccc1Cl)C(=O)c1ccccc1SCC1CCCO1. The van der Waals surface area contributed by atoms with Crippen LogP contribution in [-0.4, -0.2) is 41.2 Å². The van der Waals surface area contributed by atoms with E-state index in [0.717, 1.165) is 30.1 Å². The first kappa shape index (κ1) is 20.6. The Balaban J connectivity index is 1.73. The highest BCUT2D eigenvalue weighted by atomic mass is 35.5. The van der Waals surface area contributed by atoms with Crippen LogP contribution in [0.5, 0.6) is 0 Å². The lowest BCUT2D eigenvalue weighted by Gasteiger charge is -2.20. The molecule has 1 amide bonds. The van der Waals surface area contributed by atoms with E-state index in [9.17, 15) is 14.9 Å². The molecule has 1 aliphatic heterocycles. The summed E-state index contributed by atoms with van der Waals surface area (Å²) in [6.07, 6.45) is 2.36. The van der Waals surface area contributed by atoms with Crippen LogP contribution in [0.1, 0.15) is 28.8 Å². The first-order valence-corrected chi connectivity index (χ1v) is 10.3. The summed E-state index contributed by atoms with van der Waals surface area (Å²) >= 11 is 7.79. The molecule has 0 aliphatic carbocycles. The van der Waals surface area contributed by atoms with E-state index in [-0.39, 0.29) is 24.2 Å². The molecule has 1 fully saturated rings. The maximum Gasteiger partial charge on any atom is 0.269 e. The minimum absolute atomic E-state index is 0.0484. The summed E-state index contributed by atoms with van der Waals surface area (Å²) in [6, 6.07) is 11.7. The van der Waals surface area contributed by atoms with Gasteiger partial charge in [-0.05, 0) is 36.6 Å². The Kier molecular flexibility index (Phi) is 6.93. The number of benzene rings is 2. The van der Waals surface area contributed by atoms with Crippen molar-refractivity contribution in [2.24, 2.45) is 0 Å². The number of carbonyl (C=O) groups is 1. The monoisotopic (exact) mass is 420 g/mol. The van der Waals surface area contributed by atoms with Crippen molar-refractivity contribution in [2.45, 2.75) is 30.4 Å². The molecule has 0 saturated carbocycles. The van der Waals surface area contributed by atoms with Gasteiger partial charge < -0.3 is 9.64 Å². The first-order chi connectivity index (χ1) is 13.5. The molecular formula is C20H21ClN2O4S. The molecule has 1 aliphatic rings. The molecule has 1 atom stereocenters. The molecule has 1 saturated heterocycles. The van der Waals surface area contributed by atoms with Crippen molar-refractivity contribution in [1.29, 1.82) is 0 Å². The Morgan fingerprint density at radius 3 is 2.86 bits per heavy atom. The minimum atomic E-state index is -0.474. The van der Waals surface area contributed by atoms with Gasteiger partial charge in [0.05, 0.1) is 16.6 Å². The van der Waals surface area contributed by atoms with Crippen molar-refractivity contribution in [1.82, 2.24) is 4.90 Å². The summed E-state index contributed by atoms with van der Waals surface area (Å²) in [5.74, 6) is 0.656. The van der Waals surface area contributed by atoms with Gasteiger partial charge in [0.15, 0.2) is 0 Å². The Morgan fingerprint density at radius 1 is 1.36 bits per heavy atom. The summed E-state index contributed by atoms with van der Waals surface area (Å²) in [4.78, 5) is 26.0. The fourth-order valence-corrected chi connectivity index (χ4v) is 4.35. The molecule has 1 heterocycles. The summed E-state index contributed by atoms with van der Waals surface area (Å²) in [5.41, 5.74) is 1.10. The molecule has 0 radical (unpaired) electrons. The van der Waals surface area contributed by atoms with Gasteiger partial charge >= 0.3 is 0 Å². The van der Waals surface area contributed by atoms with Crippen molar-refractivity contribution in [3.63, 3.8) is 0 Å². The van der Waals surface area contributed by atoms with E-state index in [0.29, 0.717) is 16.1 Å². The highest BCUT2D eigenvalue weighted by molar-refractivity contribution is 7.99. The zero-order valence-electron chi connectivity index (χ0n) is 15.5. The van der Waals surface area contributed by atoms with E-state index >= 15 is 0 Å². The number of non-ortho nitro benzene ring substituents is 1. The van der Waals surface area contributed by atoms with Gasteiger partial charge in [-0.15, -0.1) is 11.8 Å². The Bertz CT molecular complexity index is 871. The van der Waals surface area contributed by atoms with Crippen LogP contribution in [0.15, 0.2) is 47.4 Å². The number of nitro benzene ring substituents is 1.